The summed E-state index contributed by atoms with van der Waals surface area (Å²) in [4.78, 5) is 28.1. The fraction of sp³-hybridized carbons (Fsp3) is 0.263. The molecule has 1 aliphatic rings. The van der Waals surface area contributed by atoms with E-state index in [0.717, 1.165) is 0 Å². The Morgan fingerprint density at radius 2 is 1.70 bits per heavy atom. The lowest BCUT2D eigenvalue weighted by Crippen LogP contribution is -2.51. The Labute approximate surface area is 166 Å². The molecule has 1 saturated heterocycles. The Morgan fingerprint density at radius 1 is 1.00 bits per heavy atom. The smallest absolute Gasteiger partial charge is 0.260 e. The summed E-state index contributed by atoms with van der Waals surface area (Å²) in [6.07, 6.45) is 0. The normalized spacial score (nSPS) is 14.1. The van der Waals surface area contributed by atoms with E-state index in [9.17, 15) is 14.7 Å². The van der Waals surface area contributed by atoms with Gasteiger partial charge in [-0.1, -0.05) is 29.3 Å². The molecule has 0 saturated carbocycles. The maximum Gasteiger partial charge on any atom is 0.260 e. The maximum absolute atomic E-state index is 12.5. The van der Waals surface area contributed by atoms with E-state index in [1.165, 1.54) is 12.1 Å². The third-order valence-corrected chi connectivity index (χ3v) is 4.79. The molecule has 0 atom stereocenters. The number of aromatic hydroxyl groups is 1. The number of ether oxygens (including phenoxy) is 1. The number of hydrogen-bond acceptors (Lipinski definition) is 4. The number of phenols is 1. The van der Waals surface area contributed by atoms with E-state index < -0.39 is 0 Å². The molecule has 2 aromatic carbocycles. The van der Waals surface area contributed by atoms with Crippen LogP contribution in [-0.4, -0.2) is 59.5 Å². The first-order valence-corrected chi connectivity index (χ1v) is 9.13. The summed E-state index contributed by atoms with van der Waals surface area (Å²) in [6, 6.07) is 11.0. The maximum atomic E-state index is 12.5. The zero-order chi connectivity index (χ0) is 19.4. The van der Waals surface area contributed by atoms with Gasteiger partial charge in [0.1, 0.15) is 11.5 Å². The van der Waals surface area contributed by atoms with E-state index in [1.54, 1.807) is 40.1 Å². The van der Waals surface area contributed by atoms with Crippen LogP contribution in [0.1, 0.15) is 10.4 Å². The highest BCUT2D eigenvalue weighted by Crippen LogP contribution is 2.27. The van der Waals surface area contributed by atoms with Gasteiger partial charge in [0.2, 0.25) is 0 Å². The van der Waals surface area contributed by atoms with Gasteiger partial charge >= 0.3 is 0 Å². The van der Waals surface area contributed by atoms with Crippen LogP contribution in [0.2, 0.25) is 10.0 Å². The standard InChI is InChI=1S/C19H18Cl2N2O4/c20-14-4-5-17(16(21)11-14)27-12-18(25)22-6-8-23(9-7-22)19(26)13-2-1-3-15(24)10-13/h1-5,10-11,24H,6-9,12H2. The van der Waals surface area contributed by atoms with Gasteiger partial charge in [-0.2, -0.15) is 0 Å². The van der Waals surface area contributed by atoms with E-state index in [1.807, 2.05) is 0 Å². The minimum Gasteiger partial charge on any atom is -0.508 e. The molecule has 142 valence electrons. The second-order valence-corrected chi connectivity index (χ2v) is 6.93. The number of hydrogen-bond donors (Lipinski definition) is 1. The van der Waals surface area contributed by atoms with Crippen molar-refractivity contribution in [2.75, 3.05) is 32.8 Å². The largest absolute Gasteiger partial charge is 0.508 e. The van der Waals surface area contributed by atoms with Crippen LogP contribution in [-0.2, 0) is 4.79 Å². The molecule has 0 aromatic heterocycles. The molecule has 0 aliphatic carbocycles. The average molecular weight is 409 g/mol. The first kappa shape index (κ1) is 19.3. The second-order valence-electron chi connectivity index (χ2n) is 6.09. The van der Waals surface area contributed by atoms with Crippen LogP contribution in [0, 0.1) is 0 Å². The third kappa shape index (κ3) is 4.84. The van der Waals surface area contributed by atoms with Gasteiger partial charge < -0.3 is 19.6 Å². The van der Waals surface area contributed by atoms with Crippen molar-refractivity contribution in [2.45, 2.75) is 0 Å². The number of rotatable bonds is 4. The van der Waals surface area contributed by atoms with Crippen molar-refractivity contribution in [3.63, 3.8) is 0 Å². The summed E-state index contributed by atoms with van der Waals surface area (Å²) in [5.74, 6) is 0.104. The predicted molar refractivity (Wildman–Crippen MR) is 103 cm³/mol. The molecular formula is C19H18Cl2N2O4. The number of benzene rings is 2. The lowest BCUT2D eigenvalue weighted by molar-refractivity contribution is -0.134. The molecule has 3 rings (SSSR count). The monoisotopic (exact) mass is 408 g/mol. The molecule has 1 aliphatic heterocycles. The molecule has 0 unspecified atom stereocenters. The van der Waals surface area contributed by atoms with E-state index in [0.29, 0.717) is 47.5 Å². The van der Waals surface area contributed by atoms with Crippen molar-refractivity contribution in [2.24, 2.45) is 0 Å². The van der Waals surface area contributed by atoms with Crippen LogP contribution in [0.5, 0.6) is 11.5 Å². The zero-order valence-electron chi connectivity index (χ0n) is 14.4. The fourth-order valence-corrected chi connectivity index (χ4v) is 3.27. The van der Waals surface area contributed by atoms with Crippen molar-refractivity contribution >= 4 is 35.0 Å². The molecule has 1 N–H and O–H groups in total. The first-order chi connectivity index (χ1) is 12.9. The van der Waals surface area contributed by atoms with Crippen molar-refractivity contribution in [3.05, 3.63) is 58.1 Å². The van der Waals surface area contributed by atoms with Crippen molar-refractivity contribution < 1.29 is 19.4 Å². The van der Waals surface area contributed by atoms with Crippen LogP contribution in [0.15, 0.2) is 42.5 Å². The van der Waals surface area contributed by atoms with Gasteiger partial charge in [0.15, 0.2) is 6.61 Å². The highest BCUT2D eigenvalue weighted by Gasteiger charge is 2.25. The second kappa shape index (κ2) is 8.50. The molecule has 0 spiro atoms. The SMILES string of the molecule is O=C(COc1ccc(Cl)cc1Cl)N1CCN(C(=O)c2cccc(O)c2)CC1. The Balaban J connectivity index is 1.51. The summed E-state index contributed by atoms with van der Waals surface area (Å²) >= 11 is 11.9. The molecule has 2 aromatic rings. The summed E-state index contributed by atoms with van der Waals surface area (Å²) in [5, 5.41) is 10.3. The Morgan fingerprint density at radius 3 is 2.37 bits per heavy atom. The highest BCUT2D eigenvalue weighted by atomic mass is 35.5. The Bertz CT molecular complexity index is 851. The van der Waals surface area contributed by atoms with E-state index in [4.69, 9.17) is 27.9 Å². The average Bonchev–Trinajstić information content (AvgIpc) is 2.66. The Kier molecular flexibility index (Phi) is 6.08. The lowest BCUT2D eigenvalue weighted by atomic mass is 10.1. The van der Waals surface area contributed by atoms with Crippen LogP contribution >= 0.6 is 23.2 Å². The van der Waals surface area contributed by atoms with Crippen LogP contribution in [0.4, 0.5) is 0 Å². The molecular weight excluding hydrogens is 391 g/mol. The molecule has 8 heteroatoms. The fourth-order valence-electron chi connectivity index (χ4n) is 2.80. The van der Waals surface area contributed by atoms with Gasteiger partial charge in [0, 0.05) is 36.8 Å². The highest BCUT2D eigenvalue weighted by molar-refractivity contribution is 6.35. The number of carbonyl (C=O) groups is 2. The molecule has 6 nitrogen and oxygen atoms in total. The topological polar surface area (TPSA) is 70.1 Å². The van der Waals surface area contributed by atoms with Crippen LogP contribution in [0.3, 0.4) is 0 Å². The number of phenolic OH excluding ortho intramolecular Hbond substituents is 1. The minimum absolute atomic E-state index is 0.0488. The molecule has 27 heavy (non-hydrogen) atoms. The lowest BCUT2D eigenvalue weighted by Gasteiger charge is -2.34. The molecule has 0 bridgehead atoms. The summed E-state index contributed by atoms with van der Waals surface area (Å²) in [7, 11) is 0. The van der Waals surface area contributed by atoms with Gasteiger partial charge in [0.05, 0.1) is 5.02 Å². The first-order valence-electron chi connectivity index (χ1n) is 8.38. The number of carbonyl (C=O) groups excluding carboxylic acids is 2. The summed E-state index contributed by atoms with van der Waals surface area (Å²) in [6.45, 7) is 1.54. The van der Waals surface area contributed by atoms with E-state index in [-0.39, 0.29) is 24.2 Å². The number of halogens is 2. The van der Waals surface area contributed by atoms with Gasteiger partial charge in [-0.25, -0.2) is 0 Å². The van der Waals surface area contributed by atoms with Crippen LogP contribution in [0.25, 0.3) is 0 Å². The van der Waals surface area contributed by atoms with Gasteiger partial charge in [-0.15, -0.1) is 0 Å². The number of piperazine rings is 1. The summed E-state index contributed by atoms with van der Waals surface area (Å²) < 4.78 is 5.47. The van der Waals surface area contributed by atoms with Gasteiger partial charge in [-0.3, -0.25) is 9.59 Å². The quantitative estimate of drug-likeness (QED) is 0.843. The van der Waals surface area contributed by atoms with E-state index >= 15 is 0 Å². The number of amides is 2. The number of nitrogens with zero attached hydrogens (tertiary/aromatic N) is 2. The van der Waals surface area contributed by atoms with Crippen molar-refractivity contribution in [1.82, 2.24) is 9.80 Å². The molecule has 1 fully saturated rings. The van der Waals surface area contributed by atoms with Gasteiger partial charge in [0.25, 0.3) is 11.8 Å². The molecule has 1 heterocycles. The molecule has 2 amide bonds. The predicted octanol–water partition coefficient (Wildman–Crippen LogP) is 3.06. The van der Waals surface area contributed by atoms with Crippen molar-refractivity contribution in [3.8, 4) is 11.5 Å². The Hall–Kier alpha value is -2.44. The van der Waals surface area contributed by atoms with E-state index in [2.05, 4.69) is 0 Å². The third-order valence-electron chi connectivity index (χ3n) is 4.26. The zero-order valence-corrected chi connectivity index (χ0v) is 15.9. The van der Waals surface area contributed by atoms with Crippen LogP contribution < -0.4 is 4.74 Å². The van der Waals surface area contributed by atoms with Crippen molar-refractivity contribution in [1.29, 1.82) is 0 Å². The van der Waals surface area contributed by atoms with Gasteiger partial charge in [-0.05, 0) is 36.4 Å². The molecule has 0 radical (unpaired) electrons. The summed E-state index contributed by atoms with van der Waals surface area (Å²) in [5.41, 5.74) is 0.426. The minimum atomic E-state index is -0.175.